The van der Waals surface area contributed by atoms with E-state index in [1.807, 2.05) is 25.1 Å². The predicted octanol–water partition coefficient (Wildman–Crippen LogP) is 1.79. The number of carbonyl (C=O) groups is 2. The van der Waals surface area contributed by atoms with Crippen molar-refractivity contribution in [3.05, 3.63) is 30.3 Å². The van der Waals surface area contributed by atoms with E-state index in [9.17, 15) is 9.59 Å². The van der Waals surface area contributed by atoms with Crippen LogP contribution in [0.2, 0.25) is 0 Å². The maximum absolute atomic E-state index is 12.3. The normalized spacial score (nSPS) is 20.9. The largest absolute Gasteiger partial charge is 0.327 e. The highest BCUT2D eigenvalue weighted by molar-refractivity contribution is 8.00. The van der Waals surface area contributed by atoms with Gasteiger partial charge in [0.05, 0.1) is 10.9 Å². The van der Waals surface area contributed by atoms with Crippen molar-refractivity contribution >= 4 is 29.3 Å². The minimum absolute atomic E-state index is 0.0821. The second kappa shape index (κ2) is 6.21. The summed E-state index contributed by atoms with van der Waals surface area (Å²) in [5.74, 6) is 0.464. The van der Waals surface area contributed by atoms with Gasteiger partial charge in [0.2, 0.25) is 11.8 Å². The number of nitrogens with zero attached hydrogens (tertiary/aromatic N) is 1. The van der Waals surface area contributed by atoms with Crippen molar-refractivity contribution in [2.24, 2.45) is 5.73 Å². The van der Waals surface area contributed by atoms with Gasteiger partial charge in [-0.05, 0) is 18.6 Å². The van der Waals surface area contributed by atoms with Crippen LogP contribution >= 0.6 is 11.8 Å². The fraction of sp³-hybridized carbons (Fsp3) is 0.429. The number of hydrogen-bond acceptors (Lipinski definition) is 4. The molecule has 0 aliphatic carbocycles. The molecule has 0 saturated carbocycles. The first-order valence-corrected chi connectivity index (χ1v) is 7.47. The maximum atomic E-state index is 12.3. The highest BCUT2D eigenvalue weighted by Crippen LogP contribution is 2.29. The van der Waals surface area contributed by atoms with Crippen molar-refractivity contribution in [3.63, 3.8) is 0 Å². The Morgan fingerprint density at radius 3 is 2.68 bits per heavy atom. The van der Waals surface area contributed by atoms with Crippen molar-refractivity contribution in [3.8, 4) is 0 Å². The molecule has 0 spiro atoms. The van der Waals surface area contributed by atoms with Crippen LogP contribution in [-0.4, -0.2) is 28.9 Å². The van der Waals surface area contributed by atoms with E-state index in [1.165, 1.54) is 16.7 Å². The molecule has 1 aliphatic rings. The van der Waals surface area contributed by atoms with Gasteiger partial charge < -0.3 is 5.73 Å². The smallest absolute Gasteiger partial charge is 0.247 e. The fourth-order valence-electron chi connectivity index (χ4n) is 1.94. The molecular weight excluding hydrogens is 260 g/mol. The van der Waals surface area contributed by atoms with Gasteiger partial charge in [-0.25, -0.2) is 4.90 Å². The first kappa shape index (κ1) is 14.1. The maximum Gasteiger partial charge on any atom is 0.247 e. The van der Waals surface area contributed by atoms with Gasteiger partial charge in [0.15, 0.2) is 0 Å². The molecular formula is C14H18N2O2S. The number of carbonyl (C=O) groups excluding carboxylic acids is 2. The third-order valence-electron chi connectivity index (χ3n) is 3.16. The number of thioether (sulfide) groups is 1. The molecule has 0 radical (unpaired) electrons. The average molecular weight is 278 g/mol. The van der Waals surface area contributed by atoms with Crippen LogP contribution < -0.4 is 10.6 Å². The molecule has 1 aliphatic heterocycles. The van der Waals surface area contributed by atoms with Gasteiger partial charge in [0, 0.05) is 18.2 Å². The lowest BCUT2D eigenvalue weighted by atomic mass is 10.3. The van der Waals surface area contributed by atoms with E-state index in [-0.39, 0.29) is 29.5 Å². The monoisotopic (exact) mass is 278 g/mol. The number of benzene rings is 1. The van der Waals surface area contributed by atoms with Crippen molar-refractivity contribution in [1.82, 2.24) is 0 Å². The molecule has 1 saturated heterocycles. The zero-order valence-corrected chi connectivity index (χ0v) is 11.7. The lowest BCUT2D eigenvalue weighted by Crippen LogP contribution is -2.31. The quantitative estimate of drug-likeness (QED) is 0.834. The molecule has 1 aromatic carbocycles. The lowest BCUT2D eigenvalue weighted by molar-refractivity contribution is -0.121. The van der Waals surface area contributed by atoms with E-state index in [2.05, 4.69) is 0 Å². The molecule has 2 N–H and O–H groups in total. The third kappa shape index (κ3) is 3.16. The molecule has 1 fully saturated rings. The van der Waals surface area contributed by atoms with E-state index in [0.29, 0.717) is 11.4 Å². The molecule has 2 rings (SSSR count). The zero-order chi connectivity index (χ0) is 13.8. The fourth-order valence-corrected chi connectivity index (χ4v) is 3.16. The number of amides is 2. The van der Waals surface area contributed by atoms with Crippen molar-refractivity contribution in [1.29, 1.82) is 0 Å². The Balaban J connectivity index is 2.05. The first-order valence-electron chi connectivity index (χ1n) is 6.42. The van der Waals surface area contributed by atoms with Crippen molar-refractivity contribution < 1.29 is 9.59 Å². The number of rotatable bonds is 5. The SMILES string of the molecule is CCC(N)CSC1CC(=O)N(c2ccccc2)C1=O. The number of nitrogens with two attached hydrogens (primary N) is 1. The van der Waals surface area contributed by atoms with E-state index >= 15 is 0 Å². The molecule has 2 unspecified atom stereocenters. The summed E-state index contributed by atoms with van der Waals surface area (Å²) >= 11 is 1.49. The number of hydrogen-bond donors (Lipinski definition) is 1. The molecule has 1 heterocycles. The first-order chi connectivity index (χ1) is 9.13. The summed E-state index contributed by atoms with van der Waals surface area (Å²) in [6.45, 7) is 2.02. The van der Waals surface area contributed by atoms with Gasteiger partial charge >= 0.3 is 0 Å². The highest BCUT2D eigenvalue weighted by atomic mass is 32.2. The molecule has 4 nitrogen and oxygen atoms in total. The van der Waals surface area contributed by atoms with E-state index in [0.717, 1.165) is 6.42 Å². The summed E-state index contributed by atoms with van der Waals surface area (Å²) in [7, 11) is 0. The van der Waals surface area contributed by atoms with Gasteiger partial charge in [-0.1, -0.05) is 25.1 Å². The van der Waals surface area contributed by atoms with Crippen LogP contribution in [0.1, 0.15) is 19.8 Å². The second-order valence-corrected chi connectivity index (χ2v) is 5.83. The lowest BCUT2D eigenvalue weighted by Gasteiger charge is -2.15. The summed E-state index contributed by atoms with van der Waals surface area (Å²) < 4.78 is 0. The molecule has 19 heavy (non-hydrogen) atoms. The Labute approximate surface area is 117 Å². The summed E-state index contributed by atoms with van der Waals surface area (Å²) in [5.41, 5.74) is 6.50. The number of imide groups is 1. The Morgan fingerprint density at radius 2 is 2.05 bits per heavy atom. The average Bonchev–Trinajstić information content (AvgIpc) is 2.71. The summed E-state index contributed by atoms with van der Waals surface area (Å²) in [6.07, 6.45) is 1.15. The van der Waals surface area contributed by atoms with E-state index < -0.39 is 0 Å². The van der Waals surface area contributed by atoms with Gasteiger partial charge in [0.25, 0.3) is 0 Å². The van der Waals surface area contributed by atoms with Crippen LogP contribution in [0, 0.1) is 0 Å². The van der Waals surface area contributed by atoms with Crippen LogP contribution in [0.4, 0.5) is 5.69 Å². The standard InChI is InChI=1S/C14H18N2O2S/c1-2-10(15)9-19-12-8-13(17)16(14(12)18)11-6-4-3-5-7-11/h3-7,10,12H,2,8-9,15H2,1H3. The van der Waals surface area contributed by atoms with Crippen LogP contribution in [-0.2, 0) is 9.59 Å². The zero-order valence-electron chi connectivity index (χ0n) is 10.9. The number of para-hydroxylation sites is 1. The second-order valence-electron chi connectivity index (χ2n) is 4.60. The van der Waals surface area contributed by atoms with E-state index in [1.54, 1.807) is 12.1 Å². The van der Waals surface area contributed by atoms with Crippen LogP contribution in [0.15, 0.2) is 30.3 Å². The topological polar surface area (TPSA) is 63.4 Å². The Hall–Kier alpha value is -1.33. The van der Waals surface area contributed by atoms with Gasteiger partial charge in [0.1, 0.15) is 0 Å². The summed E-state index contributed by atoms with van der Waals surface area (Å²) in [4.78, 5) is 25.5. The minimum atomic E-state index is -0.287. The van der Waals surface area contributed by atoms with Gasteiger partial charge in [-0.15, -0.1) is 11.8 Å². The molecule has 0 bridgehead atoms. The third-order valence-corrected chi connectivity index (χ3v) is 4.55. The van der Waals surface area contributed by atoms with E-state index in [4.69, 9.17) is 5.73 Å². The molecule has 0 aromatic heterocycles. The van der Waals surface area contributed by atoms with Gasteiger partial charge in [-0.3, -0.25) is 9.59 Å². The van der Waals surface area contributed by atoms with Crippen LogP contribution in [0.3, 0.4) is 0 Å². The summed E-state index contributed by atoms with van der Waals surface area (Å²) in [5, 5.41) is -0.287. The van der Waals surface area contributed by atoms with Crippen LogP contribution in [0.25, 0.3) is 0 Å². The number of anilines is 1. The Bertz CT molecular complexity index is 464. The van der Waals surface area contributed by atoms with Gasteiger partial charge in [-0.2, -0.15) is 0 Å². The molecule has 1 aromatic rings. The molecule has 2 amide bonds. The Morgan fingerprint density at radius 1 is 1.37 bits per heavy atom. The molecule has 102 valence electrons. The Kier molecular flexibility index (Phi) is 4.61. The summed E-state index contributed by atoms with van der Waals surface area (Å²) in [6, 6.07) is 9.15. The van der Waals surface area contributed by atoms with Crippen molar-refractivity contribution in [2.45, 2.75) is 31.1 Å². The molecule has 2 atom stereocenters. The molecule has 5 heteroatoms. The highest BCUT2D eigenvalue weighted by Gasteiger charge is 2.39. The predicted molar refractivity (Wildman–Crippen MR) is 78.1 cm³/mol. The van der Waals surface area contributed by atoms with Crippen LogP contribution in [0.5, 0.6) is 0 Å². The minimum Gasteiger partial charge on any atom is -0.327 e. The van der Waals surface area contributed by atoms with Crippen molar-refractivity contribution in [2.75, 3.05) is 10.7 Å².